The average molecular weight is 406 g/mol. The van der Waals surface area contributed by atoms with Crippen molar-refractivity contribution in [2.75, 3.05) is 22.9 Å². The van der Waals surface area contributed by atoms with Crippen molar-refractivity contribution >= 4 is 29.1 Å². The summed E-state index contributed by atoms with van der Waals surface area (Å²) in [5.74, 6) is -0.474. The SMILES string of the molecule is CCC(=O)N1CCc2cc(N3C[C@@H](C(=O)N[C@H](C)c4ccccn4)CC3=O)ccc21. The summed E-state index contributed by atoms with van der Waals surface area (Å²) < 4.78 is 0. The van der Waals surface area contributed by atoms with Gasteiger partial charge in [0.05, 0.1) is 17.7 Å². The van der Waals surface area contributed by atoms with E-state index < -0.39 is 5.92 Å². The van der Waals surface area contributed by atoms with E-state index in [2.05, 4.69) is 10.3 Å². The van der Waals surface area contributed by atoms with Crippen LogP contribution in [0.5, 0.6) is 0 Å². The quantitative estimate of drug-likeness (QED) is 0.828. The monoisotopic (exact) mass is 406 g/mol. The second-order valence-corrected chi connectivity index (χ2v) is 7.85. The molecule has 0 aliphatic carbocycles. The highest BCUT2D eigenvalue weighted by molar-refractivity contribution is 6.01. The van der Waals surface area contributed by atoms with Crippen LogP contribution in [-0.4, -0.2) is 35.8 Å². The Balaban J connectivity index is 1.44. The molecule has 3 amide bonds. The molecule has 0 radical (unpaired) electrons. The van der Waals surface area contributed by atoms with E-state index >= 15 is 0 Å². The summed E-state index contributed by atoms with van der Waals surface area (Å²) in [6, 6.07) is 11.1. The van der Waals surface area contributed by atoms with Crippen LogP contribution in [-0.2, 0) is 20.8 Å². The summed E-state index contributed by atoms with van der Waals surface area (Å²) in [4.78, 5) is 45.2. The maximum absolute atomic E-state index is 12.7. The number of fused-ring (bicyclic) bond motifs is 1. The van der Waals surface area contributed by atoms with Crippen LogP contribution in [0.1, 0.15) is 44.0 Å². The van der Waals surface area contributed by atoms with Gasteiger partial charge in [-0.05, 0) is 49.2 Å². The largest absolute Gasteiger partial charge is 0.348 e. The minimum Gasteiger partial charge on any atom is -0.348 e. The van der Waals surface area contributed by atoms with Crippen LogP contribution < -0.4 is 15.1 Å². The molecule has 156 valence electrons. The highest BCUT2D eigenvalue weighted by Crippen LogP contribution is 2.34. The summed E-state index contributed by atoms with van der Waals surface area (Å²) in [5.41, 5.74) is 3.57. The molecular weight excluding hydrogens is 380 g/mol. The second kappa shape index (κ2) is 8.26. The Morgan fingerprint density at radius 3 is 2.83 bits per heavy atom. The van der Waals surface area contributed by atoms with Gasteiger partial charge in [-0.3, -0.25) is 19.4 Å². The molecule has 1 fully saturated rings. The number of carbonyl (C=O) groups is 3. The lowest BCUT2D eigenvalue weighted by Gasteiger charge is -2.20. The number of pyridine rings is 1. The molecule has 1 aromatic carbocycles. The number of amides is 3. The van der Waals surface area contributed by atoms with Gasteiger partial charge in [-0.25, -0.2) is 0 Å². The highest BCUT2D eigenvalue weighted by atomic mass is 16.2. The van der Waals surface area contributed by atoms with E-state index in [0.717, 1.165) is 29.1 Å². The topological polar surface area (TPSA) is 82.6 Å². The Kier molecular flexibility index (Phi) is 5.53. The Labute approximate surface area is 176 Å². The number of hydrogen-bond acceptors (Lipinski definition) is 4. The van der Waals surface area contributed by atoms with Crippen LogP contribution in [0.4, 0.5) is 11.4 Å². The fourth-order valence-corrected chi connectivity index (χ4v) is 4.18. The Morgan fingerprint density at radius 1 is 1.27 bits per heavy atom. The zero-order valence-corrected chi connectivity index (χ0v) is 17.3. The number of anilines is 2. The third-order valence-electron chi connectivity index (χ3n) is 5.86. The van der Waals surface area contributed by atoms with E-state index in [1.54, 1.807) is 16.0 Å². The van der Waals surface area contributed by atoms with Crippen LogP contribution in [0.2, 0.25) is 0 Å². The van der Waals surface area contributed by atoms with Gasteiger partial charge in [0, 0.05) is 43.5 Å². The third kappa shape index (κ3) is 3.79. The molecule has 2 atom stereocenters. The molecule has 0 unspecified atom stereocenters. The first-order chi connectivity index (χ1) is 14.5. The lowest BCUT2D eigenvalue weighted by molar-refractivity contribution is -0.126. The summed E-state index contributed by atoms with van der Waals surface area (Å²) in [6.45, 7) is 4.78. The molecule has 0 bridgehead atoms. The Hall–Kier alpha value is -3.22. The molecule has 7 nitrogen and oxygen atoms in total. The summed E-state index contributed by atoms with van der Waals surface area (Å²) >= 11 is 0. The molecule has 4 rings (SSSR count). The molecule has 3 heterocycles. The molecule has 1 aromatic heterocycles. The van der Waals surface area contributed by atoms with Crippen molar-refractivity contribution in [2.45, 2.75) is 39.2 Å². The van der Waals surface area contributed by atoms with E-state index in [1.807, 2.05) is 50.2 Å². The van der Waals surface area contributed by atoms with Crippen LogP contribution in [0, 0.1) is 5.92 Å². The van der Waals surface area contributed by atoms with Crippen molar-refractivity contribution in [3.63, 3.8) is 0 Å². The second-order valence-electron chi connectivity index (χ2n) is 7.85. The predicted octanol–water partition coefficient (Wildman–Crippen LogP) is 2.61. The van der Waals surface area contributed by atoms with Crippen molar-refractivity contribution in [3.05, 3.63) is 53.9 Å². The maximum Gasteiger partial charge on any atom is 0.227 e. The van der Waals surface area contributed by atoms with Gasteiger partial charge in [-0.15, -0.1) is 0 Å². The first-order valence-electron chi connectivity index (χ1n) is 10.4. The Bertz CT molecular complexity index is 976. The lowest BCUT2D eigenvalue weighted by atomic mass is 10.1. The van der Waals surface area contributed by atoms with Crippen LogP contribution in [0.3, 0.4) is 0 Å². The van der Waals surface area contributed by atoms with Gasteiger partial charge < -0.3 is 15.1 Å². The van der Waals surface area contributed by atoms with E-state index in [9.17, 15) is 14.4 Å². The molecule has 1 saturated heterocycles. The number of rotatable bonds is 5. The van der Waals surface area contributed by atoms with E-state index in [-0.39, 0.29) is 30.2 Å². The van der Waals surface area contributed by atoms with Crippen LogP contribution in [0.15, 0.2) is 42.6 Å². The van der Waals surface area contributed by atoms with Crippen molar-refractivity contribution in [1.82, 2.24) is 10.3 Å². The van der Waals surface area contributed by atoms with E-state index in [1.165, 1.54) is 0 Å². The predicted molar refractivity (Wildman–Crippen MR) is 114 cm³/mol. The average Bonchev–Trinajstić information content (AvgIpc) is 3.36. The zero-order valence-electron chi connectivity index (χ0n) is 17.3. The smallest absolute Gasteiger partial charge is 0.227 e. The standard InChI is InChI=1S/C23H26N4O3/c1-3-21(28)26-11-9-16-12-18(7-8-20(16)26)27-14-17(13-22(27)29)23(30)25-15(2)19-6-4-5-10-24-19/h4-8,10,12,15,17H,3,9,11,13-14H2,1-2H3,(H,25,30)/t15-,17+/m1/s1. The molecule has 2 aliphatic heterocycles. The number of hydrogen-bond donors (Lipinski definition) is 1. The number of nitrogens with zero attached hydrogens (tertiary/aromatic N) is 3. The molecule has 0 spiro atoms. The molecule has 0 saturated carbocycles. The maximum atomic E-state index is 12.7. The third-order valence-corrected chi connectivity index (χ3v) is 5.86. The molecule has 7 heteroatoms. The molecule has 30 heavy (non-hydrogen) atoms. The van der Waals surface area contributed by atoms with Gasteiger partial charge in [-0.1, -0.05) is 13.0 Å². The van der Waals surface area contributed by atoms with Crippen LogP contribution in [0.25, 0.3) is 0 Å². The van der Waals surface area contributed by atoms with Gasteiger partial charge in [0.15, 0.2) is 0 Å². The van der Waals surface area contributed by atoms with Gasteiger partial charge >= 0.3 is 0 Å². The first kappa shape index (κ1) is 20.1. The van der Waals surface area contributed by atoms with Crippen molar-refractivity contribution in [3.8, 4) is 0 Å². The van der Waals surface area contributed by atoms with E-state index in [0.29, 0.717) is 19.5 Å². The lowest BCUT2D eigenvalue weighted by Crippen LogP contribution is -2.34. The van der Waals surface area contributed by atoms with E-state index in [4.69, 9.17) is 0 Å². The fourth-order valence-electron chi connectivity index (χ4n) is 4.18. The number of carbonyl (C=O) groups excluding carboxylic acids is 3. The minimum atomic E-state index is -0.393. The molecule has 1 N–H and O–H groups in total. The fraction of sp³-hybridized carbons (Fsp3) is 0.391. The summed E-state index contributed by atoms with van der Waals surface area (Å²) in [5, 5.41) is 2.97. The number of benzene rings is 1. The zero-order chi connectivity index (χ0) is 21.3. The number of aromatic nitrogens is 1. The molecule has 2 aromatic rings. The highest BCUT2D eigenvalue weighted by Gasteiger charge is 2.36. The molecular formula is C23H26N4O3. The van der Waals surface area contributed by atoms with Gasteiger partial charge in [0.2, 0.25) is 17.7 Å². The van der Waals surface area contributed by atoms with Crippen molar-refractivity contribution < 1.29 is 14.4 Å². The van der Waals surface area contributed by atoms with Crippen molar-refractivity contribution in [1.29, 1.82) is 0 Å². The van der Waals surface area contributed by atoms with Gasteiger partial charge in [-0.2, -0.15) is 0 Å². The summed E-state index contributed by atoms with van der Waals surface area (Å²) in [6.07, 6.45) is 3.14. The first-order valence-corrected chi connectivity index (χ1v) is 10.4. The van der Waals surface area contributed by atoms with Gasteiger partial charge in [0.1, 0.15) is 0 Å². The molecule has 2 aliphatic rings. The normalized spacial score (nSPS) is 19.0. The summed E-state index contributed by atoms with van der Waals surface area (Å²) in [7, 11) is 0. The van der Waals surface area contributed by atoms with Crippen molar-refractivity contribution in [2.24, 2.45) is 5.92 Å². The number of nitrogens with one attached hydrogen (secondary N) is 1. The Morgan fingerprint density at radius 2 is 2.10 bits per heavy atom. The van der Waals surface area contributed by atoms with Crippen LogP contribution >= 0.6 is 0 Å². The van der Waals surface area contributed by atoms with Gasteiger partial charge in [0.25, 0.3) is 0 Å². The minimum absolute atomic E-state index is 0.0555.